The third-order valence-corrected chi connectivity index (χ3v) is 4.39. The molecule has 0 radical (unpaired) electrons. The molecule has 4 rings (SSSR count). The second-order valence-corrected chi connectivity index (χ2v) is 6.02. The lowest BCUT2D eigenvalue weighted by atomic mass is 10.1. The van der Waals surface area contributed by atoms with Crippen LogP contribution in [0.1, 0.15) is 23.4 Å². The van der Waals surface area contributed by atoms with Crippen molar-refractivity contribution in [1.29, 1.82) is 0 Å². The van der Waals surface area contributed by atoms with Gasteiger partial charge in [0.25, 0.3) is 0 Å². The van der Waals surface area contributed by atoms with Gasteiger partial charge in [0.15, 0.2) is 5.65 Å². The van der Waals surface area contributed by atoms with E-state index in [-0.39, 0.29) is 0 Å². The molecular formula is C17H16ClN3O. The summed E-state index contributed by atoms with van der Waals surface area (Å²) in [5, 5.41) is 5.48. The minimum atomic E-state index is 0.458. The number of fused-ring (bicyclic) bond motifs is 3. The predicted molar refractivity (Wildman–Crippen MR) is 86.2 cm³/mol. The average molecular weight is 314 g/mol. The van der Waals surface area contributed by atoms with Crippen LogP contribution in [0.2, 0.25) is 5.02 Å². The van der Waals surface area contributed by atoms with E-state index in [1.807, 2.05) is 35.0 Å². The van der Waals surface area contributed by atoms with E-state index in [9.17, 15) is 0 Å². The molecule has 112 valence electrons. The van der Waals surface area contributed by atoms with Crippen molar-refractivity contribution in [3.05, 3.63) is 52.4 Å². The first-order chi connectivity index (χ1) is 10.8. The van der Waals surface area contributed by atoms with Crippen LogP contribution in [-0.4, -0.2) is 21.7 Å². The molecule has 0 N–H and O–H groups in total. The molecule has 0 bridgehead atoms. The summed E-state index contributed by atoms with van der Waals surface area (Å²) in [4.78, 5) is 4.66. The number of nitrogens with zero attached hydrogens (tertiary/aromatic N) is 3. The molecule has 4 nitrogen and oxygen atoms in total. The van der Waals surface area contributed by atoms with Crippen LogP contribution >= 0.6 is 11.6 Å². The van der Waals surface area contributed by atoms with Gasteiger partial charge in [0.2, 0.25) is 0 Å². The molecule has 2 heterocycles. The van der Waals surface area contributed by atoms with Crippen molar-refractivity contribution in [2.75, 3.05) is 7.11 Å². The third kappa shape index (κ3) is 2.11. The fourth-order valence-electron chi connectivity index (χ4n) is 3.21. The van der Waals surface area contributed by atoms with Crippen molar-refractivity contribution in [2.24, 2.45) is 0 Å². The van der Waals surface area contributed by atoms with Gasteiger partial charge in [0.1, 0.15) is 0 Å². The van der Waals surface area contributed by atoms with E-state index in [0.717, 1.165) is 35.3 Å². The number of benzene rings is 1. The van der Waals surface area contributed by atoms with Gasteiger partial charge in [-0.3, -0.25) is 0 Å². The first kappa shape index (κ1) is 13.7. The van der Waals surface area contributed by atoms with E-state index >= 15 is 0 Å². The summed E-state index contributed by atoms with van der Waals surface area (Å²) in [6.45, 7) is 0.458. The van der Waals surface area contributed by atoms with E-state index in [1.165, 1.54) is 17.7 Å². The van der Waals surface area contributed by atoms with Crippen LogP contribution in [0.25, 0.3) is 16.8 Å². The Labute approximate surface area is 133 Å². The Hall–Kier alpha value is -1.91. The van der Waals surface area contributed by atoms with Crippen molar-refractivity contribution in [2.45, 2.75) is 25.9 Å². The Morgan fingerprint density at radius 1 is 1.32 bits per heavy atom. The number of aromatic nitrogens is 3. The van der Waals surface area contributed by atoms with Gasteiger partial charge < -0.3 is 4.74 Å². The number of methoxy groups -OCH3 is 1. The van der Waals surface area contributed by atoms with Crippen molar-refractivity contribution in [1.82, 2.24) is 14.6 Å². The van der Waals surface area contributed by atoms with Gasteiger partial charge in [-0.25, -0.2) is 9.50 Å². The lowest BCUT2D eigenvalue weighted by Gasteiger charge is -2.04. The lowest BCUT2D eigenvalue weighted by Crippen LogP contribution is -2.00. The van der Waals surface area contributed by atoms with Crippen LogP contribution in [0.5, 0.6) is 0 Å². The normalized spacial score (nSPS) is 13.7. The molecule has 0 saturated carbocycles. The van der Waals surface area contributed by atoms with Crippen LogP contribution in [-0.2, 0) is 24.2 Å². The largest absolute Gasteiger partial charge is 0.378 e. The first-order valence-corrected chi connectivity index (χ1v) is 7.79. The van der Waals surface area contributed by atoms with E-state index in [2.05, 4.69) is 4.98 Å². The first-order valence-electron chi connectivity index (χ1n) is 7.41. The van der Waals surface area contributed by atoms with Gasteiger partial charge in [-0.2, -0.15) is 5.10 Å². The topological polar surface area (TPSA) is 39.4 Å². The third-order valence-electron chi connectivity index (χ3n) is 4.16. The number of ether oxygens (including phenoxy) is 1. The molecule has 0 saturated heterocycles. The minimum absolute atomic E-state index is 0.458. The molecule has 0 spiro atoms. The van der Waals surface area contributed by atoms with Crippen molar-refractivity contribution in [3.63, 3.8) is 0 Å². The Morgan fingerprint density at radius 2 is 2.23 bits per heavy atom. The quantitative estimate of drug-likeness (QED) is 0.740. The molecule has 0 aliphatic heterocycles. The summed E-state index contributed by atoms with van der Waals surface area (Å²) in [6.07, 6.45) is 5.30. The molecular weight excluding hydrogens is 298 g/mol. The number of hydrogen-bond acceptors (Lipinski definition) is 3. The summed E-state index contributed by atoms with van der Waals surface area (Å²) in [7, 11) is 1.68. The highest BCUT2D eigenvalue weighted by Crippen LogP contribution is 2.32. The Bertz CT molecular complexity index is 856. The smallest absolute Gasteiger partial charge is 0.163 e. The van der Waals surface area contributed by atoms with Gasteiger partial charge in [0, 0.05) is 24.0 Å². The van der Waals surface area contributed by atoms with E-state index in [0.29, 0.717) is 11.6 Å². The maximum atomic E-state index is 6.16. The Balaban J connectivity index is 2.01. The van der Waals surface area contributed by atoms with Crippen molar-refractivity contribution >= 4 is 17.2 Å². The highest BCUT2D eigenvalue weighted by Gasteiger charge is 2.21. The molecule has 22 heavy (non-hydrogen) atoms. The minimum Gasteiger partial charge on any atom is -0.378 e. The summed E-state index contributed by atoms with van der Waals surface area (Å²) in [5.41, 5.74) is 6.40. The zero-order valence-corrected chi connectivity index (χ0v) is 13.1. The molecule has 1 aromatic carbocycles. The summed E-state index contributed by atoms with van der Waals surface area (Å²) >= 11 is 6.16. The molecule has 0 amide bonds. The van der Waals surface area contributed by atoms with Gasteiger partial charge in [-0.1, -0.05) is 23.7 Å². The highest BCUT2D eigenvalue weighted by atomic mass is 35.5. The number of halogens is 1. The van der Waals surface area contributed by atoms with E-state index in [4.69, 9.17) is 21.4 Å². The summed E-state index contributed by atoms with van der Waals surface area (Å²) in [5.74, 6) is 0. The van der Waals surface area contributed by atoms with Crippen molar-refractivity contribution < 1.29 is 4.74 Å². The zero-order chi connectivity index (χ0) is 15.1. The molecule has 3 aromatic rings. The van der Waals surface area contributed by atoms with Crippen LogP contribution in [0, 0.1) is 0 Å². The molecule has 0 atom stereocenters. The Morgan fingerprint density at radius 3 is 3.05 bits per heavy atom. The number of hydrogen-bond donors (Lipinski definition) is 0. The molecule has 0 unspecified atom stereocenters. The molecule has 0 fully saturated rings. The van der Waals surface area contributed by atoms with E-state index in [1.54, 1.807) is 7.11 Å². The fraction of sp³-hybridized carbons (Fsp3) is 0.294. The second-order valence-electron chi connectivity index (χ2n) is 5.58. The maximum absolute atomic E-state index is 6.16. The van der Waals surface area contributed by atoms with Gasteiger partial charge in [-0.05, 0) is 42.5 Å². The van der Waals surface area contributed by atoms with Crippen LogP contribution in [0.4, 0.5) is 0 Å². The second kappa shape index (κ2) is 5.38. The van der Waals surface area contributed by atoms with Gasteiger partial charge >= 0.3 is 0 Å². The molecule has 1 aliphatic rings. The maximum Gasteiger partial charge on any atom is 0.163 e. The van der Waals surface area contributed by atoms with E-state index < -0.39 is 0 Å². The number of rotatable bonds is 3. The molecule has 2 aromatic heterocycles. The average Bonchev–Trinajstić information content (AvgIpc) is 3.10. The Kier molecular flexibility index (Phi) is 3.36. The summed E-state index contributed by atoms with van der Waals surface area (Å²) in [6, 6.07) is 7.81. The molecule has 1 aliphatic carbocycles. The van der Waals surface area contributed by atoms with Crippen LogP contribution in [0.3, 0.4) is 0 Å². The SMILES string of the molecule is COCc1nn2c3c(cnc2c1-c1cccc(Cl)c1)CCC3. The lowest BCUT2D eigenvalue weighted by molar-refractivity contribution is 0.181. The van der Waals surface area contributed by atoms with Gasteiger partial charge in [-0.15, -0.1) is 0 Å². The fourth-order valence-corrected chi connectivity index (χ4v) is 3.40. The zero-order valence-electron chi connectivity index (χ0n) is 12.3. The highest BCUT2D eigenvalue weighted by molar-refractivity contribution is 6.30. The monoisotopic (exact) mass is 313 g/mol. The summed E-state index contributed by atoms with van der Waals surface area (Å²) < 4.78 is 7.33. The predicted octanol–water partition coefficient (Wildman–Crippen LogP) is 3.68. The van der Waals surface area contributed by atoms with Crippen LogP contribution in [0.15, 0.2) is 30.5 Å². The van der Waals surface area contributed by atoms with Gasteiger partial charge in [0.05, 0.1) is 17.9 Å². The van der Waals surface area contributed by atoms with Crippen LogP contribution < -0.4 is 0 Å². The standard InChI is InChI=1S/C17H16ClN3O/c1-22-10-14-16(11-4-2-6-13(18)8-11)17-19-9-12-5-3-7-15(12)21(17)20-14/h2,4,6,8-9H,3,5,7,10H2,1H3. The molecule has 5 heteroatoms. The number of aryl methyl sites for hydroxylation is 2. The van der Waals surface area contributed by atoms with Crippen molar-refractivity contribution in [3.8, 4) is 11.1 Å².